The highest BCUT2D eigenvalue weighted by molar-refractivity contribution is 5.93. The van der Waals surface area contributed by atoms with Gasteiger partial charge in [0.25, 0.3) is 5.91 Å². The van der Waals surface area contributed by atoms with Gasteiger partial charge < -0.3 is 10.2 Å². The zero-order valence-electron chi connectivity index (χ0n) is 11.7. The van der Waals surface area contributed by atoms with Crippen LogP contribution in [0.3, 0.4) is 0 Å². The number of hydrogen-bond acceptors (Lipinski definition) is 3. The predicted octanol–water partition coefficient (Wildman–Crippen LogP) is 2.07. The lowest BCUT2D eigenvalue weighted by Crippen LogP contribution is -2.24. The largest absolute Gasteiger partial charge is 0.352 e. The monoisotopic (exact) mass is 266 g/mol. The van der Waals surface area contributed by atoms with E-state index in [0.717, 1.165) is 19.4 Å². The fourth-order valence-electron chi connectivity index (χ4n) is 1.72. The summed E-state index contributed by atoms with van der Waals surface area (Å²) in [5.41, 5.74) is 0.397. The molecule has 0 unspecified atom stereocenters. The van der Waals surface area contributed by atoms with Crippen LogP contribution < -0.4 is 5.32 Å². The fraction of sp³-hybridized carbons (Fsp3) is 0.571. The number of nitrogens with zero attached hydrogens (tertiary/aromatic N) is 2. The van der Waals surface area contributed by atoms with Crippen LogP contribution in [-0.4, -0.2) is 43.0 Å². The first-order valence-corrected chi connectivity index (χ1v) is 6.64. The van der Waals surface area contributed by atoms with E-state index >= 15 is 0 Å². The minimum atomic E-state index is -0.572. The third kappa shape index (κ3) is 6.86. The summed E-state index contributed by atoms with van der Waals surface area (Å²) in [5, 5.41) is 2.81. The quantitative estimate of drug-likeness (QED) is 0.579. The minimum absolute atomic E-state index is 0.194. The first-order valence-electron chi connectivity index (χ1n) is 6.64. The van der Waals surface area contributed by atoms with E-state index in [1.54, 1.807) is 0 Å². The van der Waals surface area contributed by atoms with E-state index in [1.165, 1.54) is 31.2 Å². The number of carbonyl (C=O) groups excluding carboxylic acids is 1. The molecule has 0 radical (unpaired) electrons. The molecule has 0 fully saturated rings. The molecule has 1 aromatic rings. The van der Waals surface area contributed by atoms with Gasteiger partial charge in [-0.05, 0) is 45.6 Å². The molecule has 1 heterocycles. The Morgan fingerprint density at radius 2 is 2.00 bits per heavy atom. The summed E-state index contributed by atoms with van der Waals surface area (Å²) in [6.07, 6.45) is 5.68. The van der Waals surface area contributed by atoms with Gasteiger partial charge in [-0.25, -0.2) is 4.98 Å². The van der Waals surface area contributed by atoms with E-state index in [2.05, 4.69) is 29.3 Å². The molecule has 5 heteroatoms. The van der Waals surface area contributed by atoms with Gasteiger partial charge in [0.1, 0.15) is 0 Å². The van der Waals surface area contributed by atoms with Crippen molar-refractivity contribution in [2.24, 2.45) is 0 Å². The molecule has 0 bridgehead atoms. The maximum atomic E-state index is 12.6. The molecule has 1 aromatic heterocycles. The Hall–Kier alpha value is -1.49. The first-order chi connectivity index (χ1) is 9.09. The van der Waals surface area contributed by atoms with Crippen molar-refractivity contribution < 1.29 is 9.18 Å². The van der Waals surface area contributed by atoms with Crippen LogP contribution in [0.15, 0.2) is 18.3 Å². The fourth-order valence-corrected chi connectivity index (χ4v) is 1.72. The second-order valence-corrected chi connectivity index (χ2v) is 4.84. The molecule has 0 aromatic carbocycles. The summed E-state index contributed by atoms with van der Waals surface area (Å²) < 4.78 is 12.6. The minimum Gasteiger partial charge on any atom is -0.352 e. The van der Waals surface area contributed by atoms with Gasteiger partial charge >= 0.3 is 0 Å². The molecule has 0 saturated carbocycles. The van der Waals surface area contributed by atoms with Gasteiger partial charge in [-0.1, -0.05) is 12.8 Å². The molecule has 0 saturated heterocycles. The van der Waals surface area contributed by atoms with Gasteiger partial charge in [-0.3, -0.25) is 4.79 Å². The number of hydrogen-bond donors (Lipinski definition) is 1. The smallest absolute Gasteiger partial charge is 0.252 e. The molecule has 19 heavy (non-hydrogen) atoms. The summed E-state index contributed by atoms with van der Waals surface area (Å²) in [7, 11) is 4.13. The summed E-state index contributed by atoms with van der Waals surface area (Å²) in [5.74, 6) is -0.766. The number of nitrogens with one attached hydrogen (secondary N) is 1. The van der Waals surface area contributed by atoms with Gasteiger partial charge in [-0.15, -0.1) is 0 Å². The second kappa shape index (κ2) is 8.58. The van der Waals surface area contributed by atoms with Gasteiger partial charge in [0.15, 0.2) is 0 Å². The molecule has 1 N–H and O–H groups in total. The molecule has 0 aliphatic rings. The Kier molecular flexibility index (Phi) is 7.03. The summed E-state index contributed by atoms with van der Waals surface area (Å²) in [4.78, 5) is 17.3. The lowest BCUT2D eigenvalue weighted by Gasteiger charge is -2.09. The average Bonchev–Trinajstić information content (AvgIpc) is 2.38. The number of amides is 1. The molecule has 106 valence electrons. The number of aromatic nitrogens is 1. The molecule has 0 spiro atoms. The third-order valence-corrected chi connectivity index (χ3v) is 2.81. The van der Waals surface area contributed by atoms with E-state index in [9.17, 15) is 9.18 Å². The Balaban J connectivity index is 2.09. The van der Waals surface area contributed by atoms with Crippen molar-refractivity contribution in [3.05, 3.63) is 29.8 Å². The predicted molar refractivity (Wildman–Crippen MR) is 73.6 cm³/mol. The molecule has 1 rings (SSSR count). The van der Waals surface area contributed by atoms with Gasteiger partial charge in [0.2, 0.25) is 5.95 Å². The highest BCUT2D eigenvalue weighted by Crippen LogP contribution is 2.01. The number of pyridine rings is 1. The van der Waals surface area contributed by atoms with Crippen molar-refractivity contribution in [3.63, 3.8) is 0 Å². The molecule has 0 aliphatic heterocycles. The zero-order chi connectivity index (χ0) is 14.1. The standard InChI is InChI=1S/C14H22FN3O/c1-18(2)10-6-4-3-5-9-16-14(19)12-7-8-13(15)17-11-12/h7-8,11H,3-6,9-10H2,1-2H3,(H,16,19)/i15-1. The summed E-state index contributed by atoms with van der Waals surface area (Å²) in [6.45, 7) is 1.76. The van der Waals surface area contributed by atoms with E-state index in [4.69, 9.17) is 0 Å². The van der Waals surface area contributed by atoms with Crippen LogP contribution in [0.2, 0.25) is 0 Å². The van der Waals surface area contributed by atoms with Crippen molar-refractivity contribution in [2.75, 3.05) is 27.2 Å². The summed E-state index contributed by atoms with van der Waals surface area (Å²) >= 11 is 0. The van der Waals surface area contributed by atoms with Crippen molar-refractivity contribution in [2.45, 2.75) is 25.7 Å². The zero-order valence-corrected chi connectivity index (χ0v) is 11.7. The molecular weight excluding hydrogens is 244 g/mol. The van der Waals surface area contributed by atoms with Crippen molar-refractivity contribution >= 4 is 5.91 Å². The number of halogens is 1. The molecule has 0 atom stereocenters. The van der Waals surface area contributed by atoms with Gasteiger partial charge in [-0.2, -0.15) is 4.39 Å². The van der Waals surface area contributed by atoms with Crippen LogP contribution >= 0.6 is 0 Å². The number of rotatable bonds is 8. The van der Waals surface area contributed by atoms with Crippen LogP contribution in [0.1, 0.15) is 36.0 Å². The molecule has 4 nitrogen and oxygen atoms in total. The topological polar surface area (TPSA) is 45.2 Å². The Morgan fingerprint density at radius 1 is 1.26 bits per heavy atom. The maximum absolute atomic E-state index is 12.6. The van der Waals surface area contributed by atoms with Crippen molar-refractivity contribution in [3.8, 4) is 0 Å². The average molecular weight is 266 g/mol. The molecular formula is C14H22FN3O. The normalized spacial score (nSPS) is 10.7. The summed E-state index contributed by atoms with van der Waals surface area (Å²) in [6, 6.07) is 2.63. The van der Waals surface area contributed by atoms with Gasteiger partial charge in [0, 0.05) is 12.7 Å². The number of unbranched alkanes of at least 4 members (excludes halogenated alkanes) is 3. The van der Waals surface area contributed by atoms with E-state index in [1.807, 2.05) is 0 Å². The maximum Gasteiger partial charge on any atom is 0.252 e. The molecule has 0 aliphatic carbocycles. The highest BCUT2D eigenvalue weighted by Gasteiger charge is 2.04. The third-order valence-electron chi connectivity index (χ3n) is 2.81. The van der Waals surface area contributed by atoms with Crippen LogP contribution in [0.4, 0.5) is 4.39 Å². The Labute approximate surface area is 114 Å². The highest BCUT2D eigenvalue weighted by atomic mass is 18.2. The first kappa shape index (κ1) is 15.6. The van der Waals surface area contributed by atoms with E-state index in [-0.39, 0.29) is 5.91 Å². The van der Waals surface area contributed by atoms with E-state index in [0.29, 0.717) is 12.1 Å². The van der Waals surface area contributed by atoms with Gasteiger partial charge in [0.05, 0.1) is 5.56 Å². The van der Waals surface area contributed by atoms with Crippen molar-refractivity contribution in [1.82, 2.24) is 15.2 Å². The van der Waals surface area contributed by atoms with Crippen LogP contribution in [0, 0.1) is 5.95 Å². The lowest BCUT2D eigenvalue weighted by molar-refractivity contribution is 0.0952. The van der Waals surface area contributed by atoms with Crippen LogP contribution in [0.5, 0.6) is 0 Å². The number of carbonyl (C=O) groups is 1. The lowest BCUT2D eigenvalue weighted by atomic mass is 10.2. The van der Waals surface area contributed by atoms with Crippen LogP contribution in [0.25, 0.3) is 0 Å². The Bertz CT molecular complexity index is 379. The second-order valence-electron chi connectivity index (χ2n) is 4.84. The SMILES string of the molecule is CN(C)CCCCCCNC(=O)c1ccc([18F])nc1. The van der Waals surface area contributed by atoms with Crippen molar-refractivity contribution in [1.29, 1.82) is 0 Å². The van der Waals surface area contributed by atoms with Crippen LogP contribution in [-0.2, 0) is 0 Å². The Morgan fingerprint density at radius 3 is 2.63 bits per heavy atom. The van der Waals surface area contributed by atoms with E-state index < -0.39 is 5.95 Å². The molecule has 1 amide bonds.